The Morgan fingerprint density at radius 1 is 1.33 bits per heavy atom. The van der Waals surface area contributed by atoms with Crippen molar-refractivity contribution in [3.8, 4) is 0 Å². The van der Waals surface area contributed by atoms with Crippen LogP contribution in [0, 0.1) is 0 Å². The highest BCUT2D eigenvalue weighted by molar-refractivity contribution is 9.10. The highest BCUT2D eigenvalue weighted by atomic mass is 79.9. The van der Waals surface area contributed by atoms with Crippen molar-refractivity contribution < 1.29 is 8.42 Å². The maximum atomic E-state index is 12.3. The lowest BCUT2D eigenvalue weighted by atomic mass is 10.3. The summed E-state index contributed by atoms with van der Waals surface area (Å²) in [6.07, 6.45) is 0. The van der Waals surface area contributed by atoms with E-state index >= 15 is 0 Å². The van der Waals surface area contributed by atoms with Crippen molar-refractivity contribution in [2.45, 2.75) is 18.4 Å². The Morgan fingerprint density at radius 3 is 2.76 bits per heavy atom. The summed E-state index contributed by atoms with van der Waals surface area (Å²) in [5.41, 5.74) is 0.457. The quantitative estimate of drug-likeness (QED) is 0.756. The normalized spacial score (nSPS) is 11.6. The molecule has 114 valence electrons. The van der Waals surface area contributed by atoms with Crippen LogP contribution in [0.2, 0.25) is 5.02 Å². The summed E-state index contributed by atoms with van der Waals surface area (Å²) in [6, 6.07) is 6.58. The largest absolute Gasteiger partial charge is 0.312 e. The third kappa shape index (κ3) is 4.43. The number of benzene rings is 1. The van der Waals surface area contributed by atoms with Crippen LogP contribution in [-0.2, 0) is 16.6 Å². The zero-order chi connectivity index (χ0) is 15.5. The summed E-state index contributed by atoms with van der Waals surface area (Å²) < 4.78 is 27.8. The molecule has 0 fully saturated rings. The third-order valence-electron chi connectivity index (χ3n) is 2.66. The van der Waals surface area contributed by atoms with E-state index in [0.717, 1.165) is 11.4 Å². The summed E-state index contributed by atoms with van der Waals surface area (Å²) in [7, 11) is -3.59. The van der Waals surface area contributed by atoms with E-state index in [1.165, 1.54) is 11.3 Å². The van der Waals surface area contributed by atoms with Crippen LogP contribution in [0.1, 0.15) is 11.8 Å². The molecular formula is C13H14BrClN2O2S2. The van der Waals surface area contributed by atoms with Gasteiger partial charge in [-0.25, -0.2) is 8.42 Å². The Labute approximate surface area is 141 Å². The first-order chi connectivity index (χ1) is 9.92. The fourth-order valence-corrected chi connectivity index (χ4v) is 4.86. The average molecular weight is 410 g/mol. The first kappa shape index (κ1) is 16.8. The van der Waals surface area contributed by atoms with Crippen molar-refractivity contribution in [3.05, 3.63) is 44.0 Å². The topological polar surface area (TPSA) is 58.2 Å². The summed E-state index contributed by atoms with van der Waals surface area (Å²) in [5, 5.41) is 5.34. The minimum Gasteiger partial charge on any atom is -0.312 e. The van der Waals surface area contributed by atoms with Gasteiger partial charge in [0.1, 0.15) is 0 Å². The van der Waals surface area contributed by atoms with Crippen LogP contribution in [0.25, 0.3) is 0 Å². The molecule has 0 aliphatic carbocycles. The SMILES string of the molecule is CCNCc1cc(S(=O)(=O)Nc2ccc(Cl)cc2Br)cs1. The number of thiophene rings is 1. The predicted octanol–water partition coefficient (Wildman–Crippen LogP) is 4.07. The van der Waals surface area contributed by atoms with Crippen LogP contribution in [0.4, 0.5) is 5.69 Å². The maximum absolute atomic E-state index is 12.3. The minimum absolute atomic E-state index is 0.266. The second-order valence-electron chi connectivity index (χ2n) is 4.26. The van der Waals surface area contributed by atoms with Gasteiger partial charge in [-0.15, -0.1) is 11.3 Å². The lowest BCUT2D eigenvalue weighted by Gasteiger charge is -2.08. The molecule has 0 saturated carbocycles. The predicted molar refractivity (Wildman–Crippen MR) is 91.7 cm³/mol. The molecule has 8 heteroatoms. The Morgan fingerprint density at radius 2 is 2.10 bits per heavy atom. The summed E-state index contributed by atoms with van der Waals surface area (Å²) in [5.74, 6) is 0. The van der Waals surface area contributed by atoms with Crippen molar-refractivity contribution in [1.29, 1.82) is 0 Å². The van der Waals surface area contributed by atoms with E-state index in [1.54, 1.807) is 29.6 Å². The van der Waals surface area contributed by atoms with Gasteiger partial charge < -0.3 is 5.32 Å². The molecule has 2 aromatic rings. The lowest BCUT2D eigenvalue weighted by Crippen LogP contribution is -2.13. The standard InChI is InChI=1S/C13H14BrClN2O2S2/c1-2-16-7-10-6-11(8-20-10)21(18,19)17-13-4-3-9(15)5-12(13)14/h3-6,8,16-17H,2,7H2,1H3. The van der Waals surface area contributed by atoms with Gasteiger partial charge in [-0.2, -0.15) is 0 Å². The molecule has 0 saturated heterocycles. The van der Waals surface area contributed by atoms with E-state index in [4.69, 9.17) is 11.6 Å². The number of anilines is 1. The van der Waals surface area contributed by atoms with Crippen LogP contribution >= 0.6 is 38.9 Å². The molecule has 1 aromatic heterocycles. The van der Waals surface area contributed by atoms with Crippen LogP contribution in [0.5, 0.6) is 0 Å². The number of nitrogens with one attached hydrogen (secondary N) is 2. The molecule has 1 aromatic carbocycles. The fraction of sp³-hybridized carbons (Fsp3) is 0.231. The van der Waals surface area contributed by atoms with Crippen LogP contribution in [-0.4, -0.2) is 15.0 Å². The van der Waals surface area contributed by atoms with Gasteiger partial charge in [0.05, 0.1) is 10.6 Å². The molecule has 1 heterocycles. The number of halogens is 2. The second kappa shape index (κ2) is 7.11. The van der Waals surface area contributed by atoms with E-state index in [0.29, 0.717) is 21.7 Å². The van der Waals surface area contributed by atoms with E-state index in [1.807, 2.05) is 6.92 Å². The van der Waals surface area contributed by atoms with Gasteiger partial charge in [-0.3, -0.25) is 4.72 Å². The minimum atomic E-state index is -3.59. The summed E-state index contributed by atoms with van der Waals surface area (Å²) in [4.78, 5) is 1.25. The van der Waals surface area contributed by atoms with Crippen molar-refractivity contribution in [3.63, 3.8) is 0 Å². The first-order valence-electron chi connectivity index (χ1n) is 6.18. The number of hydrogen-bond donors (Lipinski definition) is 2. The van der Waals surface area contributed by atoms with E-state index in [-0.39, 0.29) is 4.90 Å². The van der Waals surface area contributed by atoms with Gasteiger partial charge in [0.15, 0.2) is 0 Å². The molecule has 4 nitrogen and oxygen atoms in total. The van der Waals surface area contributed by atoms with Crippen molar-refractivity contribution in [2.75, 3.05) is 11.3 Å². The highest BCUT2D eigenvalue weighted by Gasteiger charge is 2.17. The second-order valence-corrected chi connectivity index (χ2v) is 8.23. The lowest BCUT2D eigenvalue weighted by molar-refractivity contribution is 0.601. The van der Waals surface area contributed by atoms with E-state index in [2.05, 4.69) is 26.0 Å². The van der Waals surface area contributed by atoms with Crippen molar-refractivity contribution >= 4 is 54.6 Å². The van der Waals surface area contributed by atoms with Crippen LogP contribution < -0.4 is 10.0 Å². The van der Waals surface area contributed by atoms with Crippen molar-refractivity contribution in [1.82, 2.24) is 5.32 Å². The Balaban J connectivity index is 2.19. The zero-order valence-electron chi connectivity index (χ0n) is 11.2. The number of sulfonamides is 1. The molecule has 0 aliphatic heterocycles. The van der Waals surface area contributed by atoms with E-state index in [9.17, 15) is 8.42 Å². The monoisotopic (exact) mass is 408 g/mol. The molecule has 0 bridgehead atoms. The fourth-order valence-electron chi connectivity index (χ4n) is 1.62. The van der Waals surface area contributed by atoms with Gasteiger partial charge in [0.25, 0.3) is 10.0 Å². The van der Waals surface area contributed by atoms with Gasteiger partial charge in [0, 0.05) is 26.3 Å². The molecule has 0 spiro atoms. The van der Waals surface area contributed by atoms with Crippen LogP contribution in [0.15, 0.2) is 39.0 Å². The molecule has 2 N–H and O–H groups in total. The smallest absolute Gasteiger partial charge is 0.262 e. The van der Waals surface area contributed by atoms with Crippen LogP contribution in [0.3, 0.4) is 0 Å². The Bertz CT molecular complexity index is 732. The molecule has 0 amide bonds. The molecule has 0 radical (unpaired) electrons. The highest BCUT2D eigenvalue weighted by Crippen LogP contribution is 2.29. The van der Waals surface area contributed by atoms with E-state index < -0.39 is 10.0 Å². The molecule has 0 atom stereocenters. The summed E-state index contributed by atoms with van der Waals surface area (Å²) >= 11 is 10.6. The Hall–Kier alpha value is -0.600. The molecule has 0 aliphatic rings. The molecule has 21 heavy (non-hydrogen) atoms. The van der Waals surface area contributed by atoms with Gasteiger partial charge in [-0.1, -0.05) is 18.5 Å². The van der Waals surface area contributed by atoms with Gasteiger partial charge in [0.2, 0.25) is 0 Å². The summed E-state index contributed by atoms with van der Waals surface area (Å²) in [6.45, 7) is 3.52. The Kier molecular flexibility index (Phi) is 5.67. The number of hydrogen-bond acceptors (Lipinski definition) is 4. The first-order valence-corrected chi connectivity index (χ1v) is 9.71. The average Bonchev–Trinajstić information content (AvgIpc) is 2.89. The van der Waals surface area contributed by atoms with Crippen molar-refractivity contribution in [2.24, 2.45) is 0 Å². The number of rotatable bonds is 6. The van der Waals surface area contributed by atoms with Gasteiger partial charge in [-0.05, 0) is 46.7 Å². The maximum Gasteiger partial charge on any atom is 0.262 e. The zero-order valence-corrected chi connectivity index (χ0v) is 15.2. The van der Waals surface area contributed by atoms with Gasteiger partial charge >= 0.3 is 0 Å². The molecule has 0 unspecified atom stereocenters. The molecule has 2 rings (SSSR count). The molecular weight excluding hydrogens is 396 g/mol. The third-order valence-corrected chi connectivity index (χ3v) is 5.99.